The molecular formula is C17H21BrN3OU-. The van der Waals surface area contributed by atoms with Crippen LogP contribution in [0.25, 0.3) is 0 Å². The standard InChI is InChI=1S/C16H21BrN2O.CN.U/c17-14-5-3-4-13(12-14)16(20)19-10-6-15(7-11-19)18-8-1-2-9-18;1-2;/h3-5,12,15H,1-2,6-11H2;;/q;-1;. The van der Waals surface area contributed by atoms with Gasteiger partial charge >= 0.3 is 0 Å². The van der Waals surface area contributed by atoms with Crippen LogP contribution in [0.15, 0.2) is 28.7 Å². The average molecular weight is 601 g/mol. The molecule has 23 heavy (non-hydrogen) atoms. The van der Waals surface area contributed by atoms with Crippen LogP contribution < -0.4 is 0 Å². The van der Waals surface area contributed by atoms with Crippen LogP contribution in [0.5, 0.6) is 0 Å². The third kappa shape index (κ3) is 5.61. The van der Waals surface area contributed by atoms with Crippen LogP contribution in [0.3, 0.4) is 0 Å². The van der Waals surface area contributed by atoms with E-state index in [1.807, 2.05) is 29.2 Å². The second kappa shape index (κ2) is 10.5. The fourth-order valence-corrected chi connectivity index (χ4v) is 3.74. The number of benzene rings is 1. The number of hydrogen-bond acceptors (Lipinski definition) is 3. The molecule has 1 aromatic rings. The van der Waals surface area contributed by atoms with Crippen molar-refractivity contribution in [2.24, 2.45) is 0 Å². The zero-order valence-corrected chi connectivity index (χ0v) is 18.9. The van der Waals surface area contributed by atoms with E-state index in [9.17, 15) is 4.79 Å². The number of rotatable bonds is 2. The first-order valence-electron chi connectivity index (χ1n) is 7.75. The first-order valence-corrected chi connectivity index (χ1v) is 8.54. The predicted molar refractivity (Wildman–Crippen MR) is 88.8 cm³/mol. The van der Waals surface area contributed by atoms with E-state index in [1.165, 1.54) is 25.9 Å². The fourth-order valence-electron chi connectivity index (χ4n) is 3.34. The molecule has 0 atom stereocenters. The Morgan fingerprint density at radius 1 is 1.13 bits per heavy atom. The number of likely N-dealkylation sites (tertiary alicyclic amines) is 2. The molecule has 1 amide bonds. The number of amides is 1. The Kier molecular flexibility index (Phi) is 9.47. The largest absolute Gasteiger partial charge is 0.512 e. The predicted octanol–water partition coefficient (Wildman–Crippen LogP) is 3.25. The van der Waals surface area contributed by atoms with E-state index in [-0.39, 0.29) is 37.0 Å². The van der Waals surface area contributed by atoms with E-state index in [4.69, 9.17) is 11.8 Å². The molecule has 6 heteroatoms. The van der Waals surface area contributed by atoms with Gasteiger partial charge in [0.1, 0.15) is 0 Å². The van der Waals surface area contributed by atoms with Gasteiger partial charge in [-0.3, -0.25) is 4.79 Å². The minimum Gasteiger partial charge on any atom is -0.512 e. The molecule has 0 aliphatic carbocycles. The van der Waals surface area contributed by atoms with Crippen molar-refractivity contribution in [2.45, 2.75) is 31.7 Å². The third-order valence-electron chi connectivity index (χ3n) is 4.48. The smallest absolute Gasteiger partial charge is 0.253 e. The Hall–Kier alpha value is -0.328. The molecule has 1 aromatic carbocycles. The van der Waals surface area contributed by atoms with Gasteiger partial charge in [-0.2, -0.15) is 0 Å². The summed E-state index contributed by atoms with van der Waals surface area (Å²) in [7, 11) is 0. The van der Waals surface area contributed by atoms with Gasteiger partial charge in [-0.1, -0.05) is 22.0 Å². The summed E-state index contributed by atoms with van der Waals surface area (Å²) >= 11 is 3.43. The minimum absolute atomic E-state index is 0. The van der Waals surface area contributed by atoms with E-state index >= 15 is 0 Å². The van der Waals surface area contributed by atoms with E-state index in [0.717, 1.165) is 36.0 Å². The van der Waals surface area contributed by atoms with Crippen LogP contribution >= 0.6 is 15.9 Å². The Balaban J connectivity index is 0.000000849. The maximum absolute atomic E-state index is 12.5. The van der Waals surface area contributed by atoms with Crippen LogP contribution in [-0.4, -0.2) is 47.9 Å². The van der Waals surface area contributed by atoms with Crippen LogP contribution in [0.4, 0.5) is 0 Å². The van der Waals surface area contributed by atoms with E-state index in [2.05, 4.69) is 20.8 Å². The quantitative estimate of drug-likeness (QED) is 0.490. The molecule has 4 nitrogen and oxygen atoms in total. The zero-order valence-electron chi connectivity index (χ0n) is 13.2. The number of hydrogen-bond donors (Lipinski definition) is 0. The summed E-state index contributed by atoms with van der Waals surface area (Å²) in [6.07, 6.45) is 4.94. The molecule has 122 valence electrons. The van der Waals surface area contributed by atoms with Crippen LogP contribution in [0.1, 0.15) is 36.0 Å². The molecule has 0 unspecified atom stereocenters. The summed E-state index contributed by atoms with van der Waals surface area (Å²) in [5.74, 6) is 0.172. The molecule has 2 saturated heterocycles. The van der Waals surface area contributed by atoms with Gasteiger partial charge in [0, 0.05) is 60.3 Å². The van der Waals surface area contributed by atoms with Crippen molar-refractivity contribution < 1.29 is 35.9 Å². The van der Waals surface area contributed by atoms with Crippen LogP contribution in [0.2, 0.25) is 0 Å². The van der Waals surface area contributed by atoms with Gasteiger partial charge in [-0.15, -0.1) is 0 Å². The van der Waals surface area contributed by atoms with Crippen LogP contribution in [-0.2, 0) is 0 Å². The zero-order chi connectivity index (χ0) is 15.9. The molecule has 0 aromatic heterocycles. The first kappa shape index (κ1) is 20.7. The van der Waals surface area contributed by atoms with Crippen molar-refractivity contribution in [3.05, 3.63) is 40.9 Å². The number of carbonyl (C=O) groups excluding carboxylic acids is 1. The monoisotopic (exact) mass is 600 g/mol. The molecule has 2 fully saturated rings. The Labute approximate surface area is 170 Å². The van der Waals surface area contributed by atoms with Gasteiger partial charge in [0.25, 0.3) is 5.91 Å². The molecular weight excluding hydrogens is 580 g/mol. The van der Waals surface area contributed by atoms with Gasteiger partial charge in [0.05, 0.1) is 0 Å². The molecule has 2 heterocycles. The topological polar surface area (TPSA) is 47.3 Å². The Morgan fingerprint density at radius 3 is 2.30 bits per heavy atom. The van der Waals surface area contributed by atoms with Gasteiger partial charge in [0.2, 0.25) is 0 Å². The van der Waals surface area contributed by atoms with Crippen molar-refractivity contribution in [3.63, 3.8) is 0 Å². The normalized spacial score (nSPS) is 18.7. The van der Waals surface area contributed by atoms with Gasteiger partial charge in [0.15, 0.2) is 0 Å². The molecule has 2 aliphatic heterocycles. The Morgan fingerprint density at radius 2 is 1.74 bits per heavy atom. The van der Waals surface area contributed by atoms with Gasteiger partial charge in [-0.25, -0.2) is 0 Å². The summed E-state index contributed by atoms with van der Waals surface area (Å²) in [5.41, 5.74) is 0.791. The maximum atomic E-state index is 12.5. The van der Waals surface area contributed by atoms with Crippen molar-refractivity contribution in [1.29, 1.82) is 5.26 Å². The average Bonchev–Trinajstić information content (AvgIpc) is 3.11. The van der Waals surface area contributed by atoms with Crippen LogP contribution in [0, 0.1) is 42.9 Å². The molecule has 0 N–H and O–H groups in total. The SMILES string of the molecule is O=C(c1cccc(Br)c1)N1CCC(N2CCCC2)CC1.[C-]#N.[U]. The molecule has 0 saturated carbocycles. The molecule has 0 spiro atoms. The van der Waals surface area contributed by atoms with Crippen molar-refractivity contribution >= 4 is 21.8 Å². The van der Waals surface area contributed by atoms with E-state index in [0.29, 0.717) is 6.04 Å². The molecule has 2 aliphatic rings. The summed E-state index contributed by atoms with van der Waals surface area (Å²) in [6.45, 7) is 9.05. The molecule has 3 rings (SSSR count). The summed E-state index contributed by atoms with van der Waals surface area (Å²) in [4.78, 5) is 17.1. The summed E-state index contributed by atoms with van der Waals surface area (Å²) in [6, 6.07) is 8.39. The fraction of sp³-hybridized carbons (Fsp3) is 0.529. The number of carbonyl (C=O) groups is 1. The van der Waals surface area contributed by atoms with Crippen molar-refractivity contribution in [2.75, 3.05) is 26.2 Å². The molecule has 0 radical (unpaired) electrons. The number of piperidine rings is 1. The van der Waals surface area contributed by atoms with Gasteiger partial charge in [-0.05, 0) is 57.0 Å². The Bertz CT molecular complexity index is 524. The second-order valence-electron chi connectivity index (χ2n) is 5.78. The third-order valence-corrected chi connectivity index (χ3v) is 4.97. The summed E-state index contributed by atoms with van der Waals surface area (Å²) in [5, 5.41) is 6.25. The van der Waals surface area contributed by atoms with Crippen molar-refractivity contribution in [1.82, 2.24) is 9.80 Å². The van der Waals surface area contributed by atoms with E-state index < -0.39 is 0 Å². The number of nitrogens with zero attached hydrogens (tertiary/aromatic N) is 3. The van der Waals surface area contributed by atoms with E-state index in [1.54, 1.807) is 0 Å². The maximum Gasteiger partial charge on any atom is 0.253 e. The van der Waals surface area contributed by atoms with Crippen molar-refractivity contribution in [3.8, 4) is 0 Å². The summed E-state index contributed by atoms with van der Waals surface area (Å²) < 4.78 is 0.968. The van der Waals surface area contributed by atoms with Gasteiger partial charge < -0.3 is 21.6 Å². The number of halogens is 1. The molecule has 0 bridgehead atoms. The first-order chi connectivity index (χ1) is 10.7. The minimum atomic E-state index is 0. The second-order valence-corrected chi connectivity index (χ2v) is 6.69.